The van der Waals surface area contributed by atoms with Crippen LogP contribution >= 0.6 is 0 Å². The molecule has 0 aliphatic heterocycles. The van der Waals surface area contributed by atoms with Crippen LogP contribution in [0.2, 0.25) is 0 Å². The minimum atomic E-state index is -3.48. The van der Waals surface area contributed by atoms with Crippen LogP contribution in [0.15, 0.2) is 35.5 Å². The minimum absolute atomic E-state index is 0.0405. The first kappa shape index (κ1) is 17.2. The summed E-state index contributed by atoms with van der Waals surface area (Å²) in [4.78, 5) is 5.86. The van der Waals surface area contributed by atoms with E-state index in [0.29, 0.717) is 28.1 Å². The number of benzene rings is 2. The van der Waals surface area contributed by atoms with Gasteiger partial charge in [-0.1, -0.05) is 0 Å². The first-order valence-electron chi connectivity index (χ1n) is 7.54. The van der Waals surface area contributed by atoms with Crippen molar-refractivity contribution < 1.29 is 12.8 Å². The number of aromatic nitrogens is 2. The summed E-state index contributed by atoms with van der Waals surface area (Å²) < 4.78 is 39.9. The zero-order chi connectivity index (χ0) is 18.5. The Morgan fingerprint density at radius 1 is 1.24 bits per heavy atom. The maximum Gasteiger partial charge on any atom is 0.175 e. The first-order chi connectivity index (χ1) is 11.6. The lowest BCUT2D eigenvalue weighted by Crippen LogP contribution is -2.14. The number of hydrogen-bond acceptors (Lipinski definition) is 5. The van der Waals surface area contributed by atoms with Gasteiger partial charge in [0.25, 0.3) is 0 Å². The van der Waals surface area contributed by atoms with Gasteiger partial charge in [0, 0.05) is 26.0 Å². The fraction of sp³-hybridized carbons (Fsp3) is 0.235. The number of imidazole rings is 1. The molecular formula is C17H19FN4O2S. The van der Waals surface area contributed by atoms with Gasteiger partial charge in [-0.3, -0.25) is 0 Å². The topological polar surface area (TPSA) is 81.2 Å². The maximum atomic E-state index is 14.7. The molecule has 1 aromatic heterocycles. The van der Waals surface area contributed by atoms with Gasteiger partial charge in [0.1, 0.15) is 11.3 Å². The van der Waals surface area contributed by atoms with E-state index in [0.717, 1.165) is 17.8 Å². The molecule has 0 amide bonds. The molecule has 1 heterocycles. The SMILES string of the molecule is Cc1cc(S(C)(=O)=O)cc(F)c1N(C)c1cc(N)c2ncn(C)c2c1. The zero-order valence-electron chi connectivity index (χ0n) is 14.4. The molecule has 132 valence electrons. The molecule has 8 heteroatoms. The summed E-state index contributed by atoms with van der Waals surface area (Å²) in [6, 6.07) is 6.09. The number of rotatable bonds is 3. The Kier molecular flexibility index (Phi) is 3.95. The van der Waals surface area contributed by atoms with Crippen molar-refractivity contribution in [1.29, 1.82) is 0 Å². The van der Waals surface area contributed by atoms with Crippen molar-refractivity contribution in [3.05, 3.63) is 42.0 Å². The zero-order valence-corrected chi connectivity index (χ0v) is 15.2. The summed E-state index contributed by atoms with van der Waals surface area (Å²) >= 11 is 0. The van der Waals surface area contributed by atoms with Crippen molar-refractivity contribution >= 4 is 37.9 Å². The maximum absolute atomic E-state index is 14.7. The number of sulfone groups is 1. The molecule has 0 aliphatic carbocycles. The third-order valence-electron chi connectivity index (χ3n) is 4.22. The van der Waals surface area contributed by atoms with Crippen molar-refractivity contribution in [3.8, 4) is 0 Å². The van der Waals surface area contributed by atoms with Crippen LogP contribution in [0.3, 0.4) is 0 Å². The number of anilines is 3. The number of fused-ring (bicyclic) bond motifs is 1. The molecule has 3 aromatic rings. The lowest BCUT2D eigenvalue weighted by Gasteiger charge is -2.23. The Hall–Kier alpha value is -2.61. The van der Waals surface area contributed by atoms with Crippen LogP contribution in [0.25, 0.3) is 11.0 Å². The molecular weight excluding hydrogens is 343 g/mol. The van der Waals surface area contributed by atoms with Crippen LogP contribution in [0.4, 0.5) is 21.5 Å². The van der Waals surface area contributed by atoms with E-state index in [1.807, 2.05) is 17.7 Å². The summed E-state index contributed by atoms with van der Waals surface area (Å²) in [5.74, 6) is -0.605. The lowest BCUT2D eigenvalue weighted by molar-refractivity contribution is 0.595. The predicted octanol–water partition coefficient (Wildman–Crippen LogP) is 2.77. The second-order valence-corrected chi connectivity index (χ2v) is 8.18. The second kappa shape index (κ2) is 5.73. The highest BCUT2D eigenvalue weighted by Gasteiger charge is 2.19. The van der Waals surface area contributed by atoms with E-state index in [9.17, 15) is 12.8 Å². The summed E-state index contributed by atoms with van der Waals surface area (Å²) in [6.07, 6.45) is 2.72. The molecule has 6 nitrogen and oxygen atoms in total. The van der Waals surface area contributed by atoms with E-state index in [2.05, 4.69) is 4.98 Å². The summed E-state index contributed by atoms with van der Waals surface area (Å²) in [5, 5.41) is 0. The van der Waals surface area contributed by atoms with Crippen LogP contribution in [0.1, 0.15) is 5.56 Å². The Morgan fingerprint density at radius 2 is 1.92 bits per heavy atom. The normalized spacial score (nSPS) is 11.9. The molecule has 0 unspecified atom stereocenters. The minimum Gasteiger partial charge on any atom is -0.397 e. The summed E-state index contributed by atoms with van der Waals surface area (Å²) in [7, 11) is 0.0846. The molecule has 2 aromatic carbocycles. The number of nitrogens with zero attached hydrogens (tertiary/aromatic N) is 3. The van der Waals surface area contributed by atoms with Crippen LogP contribution in [-0.4, -0.2) is 31.3 Å². The molecule has 0 saturated carbocycles. The molecule has 0 bridgehead atoms. The largest absolute Gasteiger partial charge is 0.397 e. The smallest absolute Gasteiger partial charge is 0.175 e. The van der Waals surface area contributed by atoms with Gasteiger partial charge in [0.05, 0.1) is 28.1 Å². The molecule has 2 N–H and O–H groups in total. The summed E-state index contributed by atoms with van der Waals surface area (Å²) in [5.41, 5.74) is 9.57. The van der Waals surface area contributed by atoms with Crippen LogP contribution in [0, 0.1) is 12.7 Å². The third kappa shape index (κ3) is 2.93. The number of nitrogen functional groups attached to an aromatic ring is 1. The Balaban J connectivity index is 2.16. The molecule has 0 saturated heterocycles. The van der Waals surface area contributed by atoms with Gasteiger partial charge < -0.3 is 15.2 Å². The standard InChI is InChI=1S/C17H19FN4O2S/c1-10-5-12(25(4,23)24)8-13(18)17(10)22(3)11-6-14(19)16-15(7-11)21(2)9-20-16/h5-9H,19H2,1-4H3. The molecule has 3 rings (SSSR count). The average molecular weight is 362 g/mol. The van der Waals surface area contributed by atoms with E-state index in [4.69, 9.17) is 5.73 Å². The monoisotopic (exact) mass is 362 g/mol. The van der Waals surface area contributed by atoms with E-state index >= 15 is 0 Å². The van der Waals surface area contributed by atoms with Crippen molar-refractivity contribution in [3.63, 3.8) is 0 Å². The first-order valence-corrected chi connectivity index (χ1v) is 9.43. The molecule has 25 heavy (non-hydrogen) atoms. The Bertz CT molecular complexity index is 1070. The van der Waals surface area contributed by atoms with Crippen LogP contribution in [-0.2, 0) is 16.9 Å². The highest BCUT2D eigenvalue weighted by Crippen LogP contribution is 2.34. The second-order valence-electron chi connectivity index (χ2n) is 6.16. The van der Waals surface area contributed by atoms with E-state index in [1.54, 1.807) is 31.3 Å². The number of hydrogen-bond donors (Lipinski definition) is 1. The van der Waals surface area contributed by atoms with Gasteiger partial charge in [-0.25, -0.2) is 17.8 Å². The fourth-order valence-corrected chi connectivity index (χ4v) is 3.62. The van der Waals surface area contributed by atoms with Gasteiger partial charge in [-0.2, -0.15) is 0 Å². The Morgan fingerprint density at radius 3 is 2.52 bits per heavy atom. The van der Waals surface area contributed by atoms with E-state index in [-0.39, 0.29) is 4.90 Å². The van der Waals surface area contributed by atoms with Gasteiger partial charge >= 0.3 is 0 Å². The predicted molar refractivity (Wildman–Crippen MR) is 97.4 cm³/mol. The van der Waals surface area contributed by atoms with E-state index in [1.165, 1.54) is 6.07 Å². The van der Waals surface area contributed by atoms with Crippen molar-refractivity contribution in [2.45, 2.75) is 11.8 Å². The number of halogens is 1. The van der Waals surface area contributed by atoms with Gasteiger partial charge in [-0.15, -0.1) is 0 Å². The molecule has 0 spiro atoms. The van der Waals surface area contributed by atoms with Gasteiger partial charge in [0.15, 0.2) is 9.84 Å². The molecule has 0 aliphatic rings. The molecule has 0 fully saturated rings. The molecule has 0 atom stereocenters. The van der Waals surface area contributed by atoms with Crippen LogP contribution < -0.4 is 10.6 Å². The van der Waals surface area contributed by atoms with Gasteiger partial charge in [0.2, 0.25) is 0 Å². The summed E-state index contributed by atoms with van der Waals surface area (Å²) in [6.45, 7) is 1.68. The van der Waals surface area contributed by atoms with Crippen molar-refractivity contribution in [2.75, 3.05) is 23.9 Å². The average Bonchev–Trinajstić information content (AvgIpc) is 2.87. The third-order valence-corrected chi connectivity index (χ3v) is 5.31. The van der Waals surface area contributed by atoms with Gasteiger partial charge in [-0.05, 0) is 36.8 Å². The van der Waals surface area contributed by atoms with Crippen molar-refractivity contribution in [2.24, 2.45) is 7.05 Å². The van der Waals surface area contributed by atoms with Crippen molar-refractivity contribution in [1.82, 2.24) is 9.55 Å². The Labute approximate surface area is 145 Å². The highest BCUT2D eigenvalue weighted by atomic mass is 32.2. The lowest BCUT2D eigenvalue weighted by atomic mass is 10.1. The van der Waals surface area contributed by atoms with Crippen LogP contribution in [0.5, 0.6) is 0 Å². The number of nitrogens with two attached hydrogens (primary N) is 1. The fourth-order valence-electron chi connectivity index (χ4n) is 2.91. The number of aryl methyl sites for hydroxylation is 2. The highest BCUT2D eigenvalue weighted by molar-refractivity contribution is 7.90. The quantitative estimate of drug-likeness (QED) is 0.725. The molecule has 0 radical (unpaired) electrons. The van der Waals surface area contributed by atoms with E-state index < -0.39 is 15.7 Å².